The van der Waals surface area contributed by atoms with Gasteiger partial charge >= 0.3 is 5.69 Å². The molecule has 12 heteroatoms. The van der Waals surface area contributed by atoms with Crippen LogP contribution in [0.1, 0.15) is 15.9 Å². The minimum Gasteiger partial charge on any atom is -0.505 e. The normalized spacial score (nSPS) is 10.8. The molecule has 4 aromatic rings. The zero-order chi connectivity index (χ0) is 24.6. The van der Waals surface area contributed by atoms with Crippen LogP contribution < -0.4 is 4.74 Å². The minimum atomic E-state index is -1.12. The summed E-state index contributed by atoms with van der Waals surface area (Å²) in [6, 6.07) is 9.77. The number of aromatic hydroxyl groups is 3. The standard InChI is InChI=1S/C22H14FN3O8/c1-33-12-5-2-10(3-6-12)19(29)17-13(9-16(28)20(30)18(17)26(31)32)22-24-21(25-34-22)11-4-7-14(23)15(27)8-11/h2-9,27-28,30H,1H3. The van der Waals surface area contributed by atoms with Crippen molar-refractivity contribution in [3.8, 4) is 45.8 Å². The molecule has 3 N–H and O–H groups in total. The molecule has 11 nitrogen and oxygen atoms in total. The lowest BCUT2D eigenvalue weighted by molar-refractivity contribution is -0.386. The van der Waals surface area contributed by atoms with Crippen LogP contribution in [0.3, 0.4) is 0 Å². The lowest BCUT2D eigenvalue weighted by atomic mass is 9.95. The molecule has 0 unspecified atom stereocenters. The minimum absolute atomic E-state index is 0.0124. The average molecular weight is 467 g/mol. The Labute approximate surface area is 189 Å². The number of nitrogens with zero attached hydrogens (tertiary/aromatic N) is 3. The summed E-state index contributed by atoms with van der Waals surface area (Å²) in [5.74, 6) is -4.54. The van der Waals surface area contributed by atoms with Gasteiger partial charge < -0.3 is 24.6 Å². The van der Waals surface area contributed by atoms with E-state index in [9.17, 15) is 34.6 Å². The second kappa shape index (κ2) is 8.50. The van der Waals surface area contributed by atoms with Crippen molar-refractivity contribution in [2.45, 2.75) is 0 Å². The first kappa shape index (κ1) is 22.2. The summed E-state index contributed by atoms with van der Waals surface area (Å²) >= 11 is 0. The van der Waals surface area contributed by atoms with E-state index in [0.717, 1.165) is 18.2 Å². The largest absolute Gasteiger partial charge is 0.505 e. The summed E-state index contributed by atoms with van der Waals surface area (Å²) in [6.45, 7) is 0. The van der Waals surface area contributed by atoms with Gasteiger partial charge in [-0.15, -0.1) is 0 Å². The molecule has 0 spiro atoms. The Morgan fingerprint density at radius 2 is 1.79 bits per heavy atom. The molecule has 0 saturated carbocycles. The third-order valence-electron chi connectivity index (χ3n) is 4.88. The zero-order valence-electron chi connectivity index (χ0n) is 17.2. The molecule has 0 bridgehead atoms. The fraction of sp³-hybridized carbons (Fsp3) is 0.0455. The molecule has 0 amide bonds. The Bertz CT molecular complexity index is 1430. The van der Waals surface area contributed by atoms with E-state index >= 15 is 0 Å². The first-order chi connectivity index (χ1) is 16.2. The average Bonchev–Trinajstić information content (AvgIpc) is 3.31. The van der Waals surface area contributed by atoms with Crippen LogP contribution in [0.4, 0.5) is 10.1 Å². The lowest BCUT2D eigenvalue weighted by Gasteiger charge is -2.10. The molecule has 1 heterocycles. The highest BCUT2D eigenvalue weighted by atomic mass is 19.1. The van der Waals surface area contributed by atoms with Crippen LogP contribution in [-0.2, 0) is 0 Å². The highest BCUT2D eigenvalue weighted by Crippen LogP contribution is 2.44. The number of phenols is 3. The van der Waals surface area contributed by atoms with Crippen LogP contribution in [-0.4, -0.2) is 43.3 Å². The van der Waals surface area contributed by atoms with E-state index in [4.69, 9.17) is 9.26 Å². The number of aromatic nitrogens is 2. The summed E-state index contributed by atoms with van der Waals surface area (Å²) < 4.78 is 23.5. The van der Waals surface area contributed by atoms with E-state index in [1.54, 1.807) is 0 Å². The van der Waals surface area contributed by atoms with E-state index in [1.165, 1.54) is 37.4 Å². The first-order valence-corrected chi connectivity index (χ1v) is 9.46. The van der Waals surface area contributed by atoms with Gasteiger partial charge in [0, 0.05) is 11.1 Å². The number of carbonyl (C=O) groups is 1. The van der Waals surface area contributed by atoms with Crippen LogP contribution in [0.15, 0.2) is 53.1 Å². The first-order valence-electron chi connectivity index (χ1n) is 9.46. The highest BCUT2D eigenvalue weighted by Gasteiger charge is 2.34. The Kier molecular flexibility index (Phi) is 5.55. The Hall–Kier alpha value is -5.00. The maximum absolute atomic E-state index is 13.4. The number of nitro groups is 1. The number of methoxy groups -OCH3 is 1. The van der Waals surface area contributed by atoms with Crippen molar-refractivity contribution >= 4 is 11.5 Å². The van der Waals surface area contributed by atoms with Crippen molar-refractivity contribution in [1.82, 2.24) is 10.1 Å². The lowest BCUT2D eigenvalue weighted by Crippen LogP contribution is -2.08. The molecule has 34 heavy (non-hydrogen) atoms. The monoisotopic (exact) mass is 467 g/mol. The van der Waals surface area contributed by atoms with E-state index < -0.39 is 50.9 Å². The predicted molar refractivity (Wildman–Crippen MR) is 113 cm³/mol. The van der Waals surface area contributed by atoms with Crippen molar-refractivity contribution in [3.63, 3.8) is 0 Å². The van der Waals surface area contributed by atoms with Crippen molar-refractivity contribution in [2.75, 3.05) is 7.11 Å². The Balaban J connectivity index is 1.91. The third-order valence-corrected chi connectivity index (χ3v) is 4.88. The molecule has 0 aliphatic carbocycles. The molecule has 0 radical (unpaired) electrons. The number of phenolic OH excluding ortho intramolecular Hbond substituents is 3. The molecular formula is C22H14FN3O8. The molecule has 1 aromatic heterocycles. The number of ether oxygens (including phenoxy) is 1. The molecule has 3 aromatic carbocycles. The van der Waals surface area contributed by atoms with Gasteiger partial charge in [-0.3, -0.25) is 14.9 Å². The number of nitro benzene ring substituents is 1. The number of ketones is 1. The number of hydrogen-bond donors (Lipinski definition) is 3. The molecule has 0 aliphatic heterocycles. The molecular weight excluding hydrogens is 453 g/mol. The summed E-state index contributed by atoms with van der Waals surface area (Å²) in [5, 5.41) is 45.2. The Morgan fingerprint density at radius 1 is 1.09 bits per heavy atom. The maximum atomic E-state index is 13.4. The molecule has 172 valence electrons. The van der Waals surface area contributed by atoms with Gasteiger partial charge in [-0.2, -0.15) is 4.98 Å². The molecule has 4 rings (SSSR count). The van der Waals surface area contributed by atoms with Crippen LogP contribution in [0.5, 0.6) is 23.0 Å². The van der Waals surface area contributed by atoms with Crippen molar-refractivity contribution < 1.29 is 38.7 Å². The SMILES string of the molecule is COc1ccc(C(=O)c2c(-c3nc(-c4ccc(F)c(O)c4)no3)cc(O)c(O)c2[N+](=O)[O-])cc1. The van der Waals surface area contributed by atoms with Gasteiger partial charge in [0.2, 0.25) is 17.4 Å². The van der Waals surface area contributed by atoms with Gasteiger partial charge in [-0.25, -0.2) is 4.39 Å². The molecule has 0 atom stereocenters. The van der Waals surface area contributed by atoms with E-state index in [2.05, 4.69) is 10.1 Å². The third kappa shape index (κ3) is 3.83. The summed E-state index contributed by atoms with van der Waals surface area (Å²) in [7, 11) is 1.42. The number of halogens is 1. The van der Waals surface area contributed by atoms with Gasteiger partial charge in [-0.05, 0) is 48.5 Å². The van der Waals surface area contributed by atoms with Crippen LogP contribution in [0.2, 0.25) is 0 Å². The topological polar surface area (TPSA) is 169 Å². The smallest absolute Gasteiger partial charge is 0.326 e. The van der Waals surface area contributed by atoms with E-state index in [0.29, 0.717) is 5.75 Å². The van der Waals surface area contributed by atoms with Crippen molar-refractivity contribution in [2.24, 2.45) is 0 Å². The molecule has 0 saturated heterocycles. The quantitative estimate of drug-likeness (QED) is 0.164. The van der Waals surface area contributed by atoms with Crippen LogP contribution in [0.25, 0.3) is 22.8 Å². The number of benzene rings is 3. The summed E-state index contributed by atoms with van der Waals surface area (Å²) in [4.78, 5) is 28.1. The van der Waals surface area contributed by atoms with E-state index in [-0.39, 0.29) is 22.5 Å². The maximum Gasteiger partial charge on any atom is 0.326 e. The van der Waals surface area contributed by atoms with Gasteiger partial charge in [0.25, 0.3) is 5.89 Å². The van der Waals surface area contributed by atoms with Gasteiger partial charge in [0.05, 0.1) is 17.6 Å². The van der Waals surface area contributed by atoms with Gasteiger partial charge in [-0.1, -0.05) is 5.16 Å². The second-order valence-electron chi connectivity index (χ2n) is 6.92. The fourth-order valence-corrected chi connectivity index (χ4v) is 3.21. The fourth-order valence-electron chi connectivity index (χ4n) is 3.21. The van der Waals surface area contributed by atoms with Crippen LogP contribution >= 0.6 is 0 Å². The second-order valence-corrected chi connectivity index (χ2v) is 6.92. The predicted octanol–water partition coefficient (Wildman–Crippen LogP) is 3.81. The van der Waals surface area contributed by atoms with Crippen LogP contribution in [0, 0.1) is 15.9 Å². The van der Waals surface area contributed by atoms with Crippen molar-refractivity contribution in [3.05, 3.63) is 75.6 Å². The Morgan fingerprint density at radius 3 is 2.41 bits per heavy atom. The summed E-state index contributed by atoms with van der Waals surface area (Å²) in [6.07, 6.45) is 0. The number of carbonyl (C=O) groups excluding carboxylic acids is 1. The van der Waals surface area contributed by atoms with Gasteiger partial charge in [0.1, 0.15) is 11.3 Å². The highest BCUT2D eigenvalue weighted by molar-refractivity contribution is 6.16. The molecule has 0 aliphatic rings. The van der Waals surface area contributed by atoms with Crippen molar-refractivity contribution in [1.29, 1.82) is 0 Å². The molecule has 0 fully saturated rings. The zero-order valence-corrected chi connectivity index (χ0v) is 17.2. The number of hydrogen-bond acceptors (Lipinski definition) is 10. The van der Waals surface area contributed by atoms with Gasteiger partial charge in [0.15, 0.2) is 17.3 Å². The van der Waals surface area contributed by atoms with E-state index in [1.807, 2.05) is 0 Å². The number of rotatable bonds is 6. The summed E-state index contributed by atoms with van der Waals surface area (Å²) in [5.41, 5.74) is -1.83.